The van der Waals surface area contributed by atoms with Crippen molar-refractivity contribution in [2.75, 3.05) is 26.2 Å². The minimum absolute atomic E-state index is 0.0474. The Balaban J connectivity index is 1.17. The molecule has 318 valence electrons. The molecule has 8 nitrogen and oxygen atoms in total. The van der Waals surface area contributed by atoms with Gasteiger partial charge in [-0.2, -0.15) is 0 Å². The van der Waals surface area contributed by atoms with Gasteiger partial charge in [0.1, 0.15) is 11.2 Å². The standard InChI is InChI=1S/C52H65N3O5/c1-28(2)13-16-49(5)17-14-33-23-37-29(3)20-34-11-12-39-35-22-31-25-54(27-35)30(4)21-40(56)46-50-18-15-36(43(37)45(34)55(39)26-31)44(33)51(50,48(58)59-46)41(24-49)52(50)38-10-6-8-32(9-7-19-53)42(38)47(57)60-52/h6,8,10-12,23,28-31,35,37,39,41,43,56H,7,9,13-22,24-27,53H2,1-5H3. The highest BCUT2D eigenvalue weighted by atomic mass is 16.6. The van der Waals surface area contributed by atoms with Crippen LogP contribution in [0.1, 0.15) is 127 Å². The second-order valence-corrected chi connectivity index (χ2v) is 22.3. The maximum Gasteiger partial charge on any atom is 0.339 e. The van der Waals surface area contributed by atoms with Crippen LogP contribution in [0.5, 0.6) is 0 Å². The van der Waals surface area contributed by atoms with Crippen molar-refractivity contribution in [1.82, 2.24) is 9.80 Å². The number of piperidine rings is 2. The lowest BCUT2D eigenvalue weighted by Crippen LogP contribution is -2.78. The Morgan fingerprint density at radius 2 is 1.92 bits per heavy atom. The number of hydrogen-bond acceptors (Lipinski definition) is 8. The van der Waals surface area contributed by atoms with Crippen molar-refractivity contribution in [3.05, 3.63) is 92.6 Å². The molecule has 60 heavy (non-hydrogen) atoms. The number of carbonyl (C=O) groups excluding carboxylic acids is 2. The first-order valence-electron chi connectivity index (χ1n) is 23.9. The van der Waals surface area contributed by atoms with E-state index >= 15 is 4.79 Å². The second kappa shape index (κ2) is 12.7. The van der Waals surface area contributed by atoms with E-state index in [4.69, 9.17) is 15.2 Å². The van der Waals surface area contributed by atoms with E-state index in [-0.39, 0.29) is 41.0 Å². The Morgan fingerprint density at radius 3 is 2.73 bits per heavy atom. The molecule has 12 bridgehead atoms. The number of allylic oxidation sites excluding steroid dienone is 5. The fourth-order valence-electron chi connectivity index (χ4n) is 16.4. The van der Waals surface area contributed by atoms with Crippen LogP contribution in [-0.4, -0.2) is 65.1 Å². The van der Waals surface area contributed by atoms with Gasteiger partial charge in [0.25, 0.3) is 0 Å². The summed E-state index contributed by atoms with van der Waals surface area (Å²) in [6.45, 7) is 15.4. The summed E-state index contributed by atoms with van der Waals surface area (Å²) in [5.41, 5.74) is 12.2. The van der Waals surface area contributed by atoms with Crippen molar-refractivity contribution >= 4 is 11.9 Å². The zero-order valence-electron chi connectivity index (χ0n) is 36.5. The Hall–Kier alpha value is -3.62. The molecule has 3 N–H and O–H groups in total. The number of rotatable bonds is 6. The number of carbonyl (C=O) groups is 2. The van der Waals surface area contributed by atoms with Crippen molar-refractivity contribution in [1.29, 1.82) is 0 Å². The third kappa shape index (κ3) is 4.51. The fraction of sp³-hybridized carbons (Fsp3) is 0.654. The number of hydrogen-bond donors (Lipinski definition) is 2. The number of fused-ring (bicyclic) bond motifs is 3. The van der Waals surface area contributed by atoms with Gasteiger partial charge < -0.3 is 25.2 Å². The van der Waals surface area contributed by atoms with Gasteiger partial charge in [-0.25, -0.2) is 4.79 Å². The van der Waals surface area contributed by atoms with Crippen molar-refractivity contribution < 1.29 is 24.2 Å². The van der Waals surface area contributed by atoms with Gasteiger partial charge in [0.2, 0.25) is 0 Å². The van der Waals surface area contributed by atoms with Crippen LogP contribution in [0.25, 0.3) is 0 Å². The van der Waals surface area contributed by atoms with Crippen LogP contribution < -0.4 is 5.73 Å². The van der Waals surface area contributed by atoms with E-state index in [2.05, 4.69) is 80.8 Å². The average Bonchev–Trinajstić information content (AvgIpc) is 3.68. The van der Waals surface area contributed by atoms with Gasteiger partial charge in [-0.3, -0.25) is 9.69 Å². The van der Waals surface area contributed by atoms with E-state index in [1.807, 2.05) is 0 Å². The molecule has 2 saturated carbocycles. The van der Waals surface area contributed by atoms with Gasteiger partial charge >= 0.3 is 11.9 Å². The summed E-state index contributed by atoms with van der Waals surface area (Å²) in [7, 11) is 0. The van der Waals surface area contributed by atoms with E-state index in [0.717, 1.165) is 82.1 Å². The van der Waals surface area contributed by atoms with Crippen molar-refractivity contribution in [2.24, 2.45) is 63.4 Å². The van der Waals surface area contributed by atoms with Crippen LogP contribution in [0.15, 0.2) is 75.9 Å². The number of esters is 2. The number of nitrogens with two attached hydrogens (primary N) is 1. The Bertz CT molecular complexity index is 2280. The molecular weight excluding hydrogens is 747 g/mol. The molecule has 0 radical (unpaired) electrons. The highest BCUT2D eigenvalue weighted by Gasteiger charge is 2.94. The lowest BCUT2D eigenvalue weighted by Gasteiger charge is -2.73. The fourth-order valence-corrected chi connectivity index (χ4v) is 16.4. The Labute approximate surface area is 356 Å². The predicted molar refractivity (Wildman–Crippen MR) is 230 cm³/mol. The lowest BCUT2D eigenvalue weighted by molar-refractivity contribution is -0.283. The monoisotopic (exact) mass is 811 g/mol. The number of ether oxygens (including phenoxy) is 2. The molecule has 9 heterocycles. The van der Waals surface area contributed by atoms with E-state index in [0.29, 0.717) is 72.8 Å². The molecule has 8 heteroatoms. The molecule has 13 unspecified atom stereocenters. The van der Waals surface area contributed by atoms with Gasteiger partial charge in [-0.1, -0.05) is 76.1 Å². The molecule has 13 atom stereocenters. The van der Waals surface area contributed by atoms with Crippen molar-refractivity contribution in [3.63, 3.8) is 0 Å². The summed E-state index contributed by atoms with van der Waals surface area (Å²) in [6.07, 6.45) is 18.1. The van der Waals surface area contributed by atoms with E-state index < -0.39 is 16.4 Å². The first kappa shape index (κ1) is 38.1. The lowest BCUT2D eigenvalue weighted by atomic mass is 9.27. The van der Waals surface area contributed by atoms with Crippen LogP contribution >= 0.6 is 0 Å². The largest absolute Gasteiger partial charge is 0.509 e. The number of aliphatic hydroxyl groups excluding tert-OH is 1. The summed E-state index contributed by atoms with van der Waals surface area (Å²) in [6, 6.07) is 6.69. The zero-order valence-corrected chi connectivity index (χ0v) is 36.5. The quantitative estimate of drug-likeness (QED) is 0.275. The number of aryl methyl sites for hydroxylation is 1. The average molecular weight is 812 g/mol. The normalized spacial score (nSPS) is 43.9. The van der Waals surface area contributed by atoms with Gasteiger partial charge in [0.15, 0.2) is 11.4 Å². The van der Waals surface area contributed by atoms with Gasteiger partial charge in [0, 0.05) is 55.2 Å². The molecule has 0 aromatic heterocycles. The van der Waals surface area contributed by atoms with Crippen LogP contribution in [-0.2, 0) is 26.3 Å². The summed E-state index contributed by atoms with van der Waals surface area (Å²) in [5.74, 6) is 2.34. The number of nitrogens with zero attached hydrogens (tertiary/aromatic N) is 2. The molecular formula is C52H65N3O5. The van der Waals surface area contributed by atoms with E-state index in [9.17, 15) is 9.90 Å². The molecule has 9 aliphatic heterocycles. The van der Waals surface area contributed by atoms with Crippen molar-refractivity contribution in [3.8, 4) is 0 Å². The molecule has 3 spiro atoms. The summed E-state index contributed by atoms with van der Waals surface area (Å²) in [4.78, 5) is 36.3. The summed E-state index contributed by atoms with van der Waals surface area (Å²) >= 11 is 0. The SMILES string of the molecule is CC(C)CCC1(C)CCC2=CC3C(C)CC4=C5C3C3=C2C26C(=O)OC(=C(O)CC(C)N7CC8CC(C7)C(C=C4)N5C8)C2(CC3)C2(OC(=O)c3c(CCCN)cccc32)C6C1. The van der Waals surface area contributed by atoms with E-state index in [1.54, 1.807) is 5.70 Å². The molecule has 5 fully saturated rings. The first-order chi connectivity index (χ1) is 28.9. The zero-order chi connectivity index (χ0) is 41.2. The minimum atomic E-state index is -1.16. The van der Waals surface area contributed by atoms with E-state index in [1.165, 1.54) is 28.7 Å². The maximum atomic E-state index is 16.0. The Kier molecular flexibility index (Phi) is 8.09. The smallest absolute Gasteiger partial charge is 0.339 e. The van der Waals surface area contributed by atoms with Gasteiger partial charge in [-0.15, -0.1) is 0 Å². The minimum Gasteiger partial charge on any atom is -0.509 e. The van der Waals surface area contributed by atoms with Crippen LogP contribution in [0.2, 0.25) is 0 Å². The number of aliphatic hydroxyl groups is 1. The topological polar surface area (TPSA) is 105 Å². The molecule has 1 aromatic rings. The highest BCUT2D eigenvalue weighted by molar-refractivity contribution is 6.01. The van der Waals surface area contributed by atoms with Crippen LogP contribution in [0.3, 0.4) is 0 Å². The summed E-state index contributed by atoms with van der Waals surface area (Å²) < 4.78 is 14.1. The molecule has 3 saturated heterocycles. The molecule has 15 rings (SSSR count). The third-order valence-corrected chi connectivity index (χ3v) is 18.8. The number of benzene rings is 1. The van der Waals surface area contributed by atoms with Gasteiger partial charge in [-0.05, 0) is 135 Å². The van der Waals surface area contributed by atoms with Crippen molar-refractivity contribution in [2.45, 2.75) is 129 Å². The second-order valence-electron chi connectivity index (χ2n) is 22.3. The molecule has 1 aromatic carbocycles. The highest BCUT2D eigenvalue weighted by Crippen LogP contribution is 2.88. The van der Waals surface area contributed by atoms with Crippen LogP contribution in [0.4, 0.5) is 0 Å². The molecule has 5 aliphatic carbocycles. The third-order valence-electron chi connectivity index (χ3n) is 18.8. The van der Waals surface area contributed by atoms with Gasteiger partial charge in [0.05, 0.1) is 17.0 Å². The maximum absolute atomic E-state index is 16.0. The Morgan fingerprint density at radius 1 is 1.07 bits per heavy atom. The van der Waals surface area contributed by atoms with Crippen LogP contribution in [0, 0.1) is 57.7 Å². The first-order valence-corrected chi connectivity index (χ1v) is 23.9. The predicted octanol–water partition coefficient (Wildman–Crippen LogP) is 9.04. The molecule has 14 aliphatic rings. The molecule has 0 amide bonds. The summed E-state index contributed by atoms with van der Waals surface area (Å²) in [5, 5.41) is 12.9.